The Labute approximate surface area is 84.6 Å². The first-order valence-electron chi connectivity index (χ1n) is 4.45. The lowest BCUT2D eigenvalue weighted by atomic mass is 10.2. The average molecular weight is 209 g/mol. The van der Waals surface area contributed by atoms with E-state index in [1.807, 2.05) is 0 Å². The van der Waals surface area contributed by atoms with E-state index in [1.165, 1.54) is 18.2 Å². The summed E-state index contributed by atoms with van der Waals surface area (Å²) in [5, 5.41) is 3.55. The number of carbonyl (C=O) groups excluding carboxylic acids is 1. The minimum Gasteiger partial charge on any atom is -0.461 e. The zero-order chi connectivity index (χ0) is 10.8. The molecule has 0 radical (unpaired) electrons. The maximum Gasteiger partial charge on any atom is 0.361 e. The molecule has 0 saturated carbocycles. The molecule has 78 valence electrons. The molecule has 15 heavy (non-hydrogen) atoms. The molecule has 0 fully saturated rings. The fraction of sp³-hybridized carbons (Fsp3) is 0.200. The van der Waals surface area contributed by atoms with E-state index in [-0.39, 0.29) is 23.3 Å². The van der Waals surface area contributed by atoms with Gasteiger partial charge in [0.1, 0.15) is 5.82 Å². The van der Waals surface area contributed by atoms with Crippen molar-refractivity contribution in [2.75, 3.05) is 6.61 Å². The van der Waals surface area contributed by atoms with Crippen molar-refractivity contribution in [3.63, 3.8) is 0 Å². The summed E-state index contributed by atoms with van der Waals surface area (Å²) in [4.78, 5) is 11.4. The van der Waals surface area contributed by atoms with Crippen LogP contribution in [-0.4, -0.2) is 17.7 Å². The van der Waals surface area contributed by atoms with E-state index in [0.717, 1.165) is 0 Å². The highest BCUT2D eigenvalue weighted by Crippen LogP contribution is 2.21. The van der Waals surface area contributed by atoms with E-state index in [1.54, 1.807) is 6.92 Å². The first-order chi connectivity index (χ1) is 7.24. The predicted octanol–water partition coefficient (Wildman–Crippen LogP) is 2.14. The highest BCUT2D eigenvalue weighted by molar-refractivity contribution is 6.01. The molecule has 0 aliphatic rings. The Morgan fingerprint density at radius 3 is 3.13 bits per heavy atom. The van der Waals surface area contributed by atoms with E-state index in [0.29, 0.717) is 0 Å². The summed E-state index contributed by atoms with van der Waals surface area (Å²) >= 11 is 0. The number of hydrogen-bond donors (Lipinski definition) is 0. The third-order valence-corrected chi connectivity index (χ3v) is 1.92. The Kier molecular flexibility index (Phi) is 2.37. The van der Waals surface area contributed by atoms with Crippen LogP contribution in [0.5, 0.6) is 0 Å². The fourth-order valence-corrected chi connectivity index (χ4v) is 1.29. The van der Waals surface area contributed by atoms with Gasteiger partial charge in [-0.05, 0) is 19.1 Å². The van der Waals surface area contributed by atoms with Crippen molar-refractivity contribution >= 4 is 16.9 Å². The minimum atomic E-state index is -0.679. The molecule has 1 aromatic heterocycles. The summed E-state index contributed by atoms with van der Waals surface area (Å²) in [6.07, 6.45) is 0. The van der Waals surface area contributed by atoms with Gasteiger partial charge in [0.2, 0.25) is 5.69 Å². The van der Waals surface area contributed by atoms with Crippen LogP contribution in [0, 0.1) is 5.82 Å². The number of aromatic nitrogens is 1. The van der Waals surface area contributed by atoms with Crippen LogP contribution in [-0.2, 0) is 4.74 Å². The molecule has 0 amide bonds. The van der Waals surface area contributed by atoms with Crippen molar-refractivity contribution in [2.24, 2.45) is 0 Å². The van der Waals surface area contributed by atoms with Crippen LogP contribution in [0.15, 0.2) is 22.7 Å². The van der Waals surface area contributed by atoms with Crippen LogP contribution in [0.4, 0.5) is 4.39 Å². The molecular weight excluding hydrogens is 201 g/mol. The maximum atomic E-state index is 13.4. The zero-order valence-electron chi connectivity index (χ0n) is 7.99. The van der Waals surface area contributed by atoms with Crippen LogP contribution in [0.2, 0.25) is 0 Å². The quantitative estimate of drug-likeness (QED) is 0.711. The number of benzene rings is 1. The van der Waals surface area contributed by atoms with Gasteiger partial charge in [-0.25, -0.2) is 9.18 Å². The first-order valence-corrected chi connectivity index (χ1v) is 4.45. The van der Waals surface area contributed by atoms with Gasteiger partial charge in [-0.3, -0.25) is 0 Å². The third kappa shape index (κ3) is 1.56. The Bertz CT molecular complexity index is 506. The second kappa shape index (κ2) is 3.68. The molecule has 0 N–H and O–H groups in total. The highest BCUT2D eigenvalue weighted by Gasteiger charge is 2.19. The molecule has 5 heteroatoms. The van der Waals surface area contributed by atoms with Crippen LogP contribution < -0.4 is 0 Å². The fourth-order valence-electron chi connectivity index (χ4n) is 1.29. The van der Waals surface area contributed by atoms with E-state index < -0.39 is 11.8 Å². The standard InChI is InChI=1S/C10H8FNO3/c1-2-14-10(13)9-8-6(11)4-3-5-7(8)15-12-9/h3-5H,2H2,1H3. The van der Waals surface area contributed by atoms with E-state index in [2.05, 4.69) is 5.16 Å². The summed E-state index contributed by atoms with van der Waals surface area (Å²) < 4.78 is 22.9. The number of halogens is 1. The number of hydrogen-bond acceptors (Lipinski definition) is 4. The molecule has 4 nitrogen and oxygen atoms in total. The molecule has 0 saturated heterocycles. The van der Waals surface area contributed by atoms with Crippen molar-refractivity contribution in [3.8, 4) is 0 Å². The summed E-state index contributed by atoms with van der Waals surface area (Å²) in [5.41, 5.74) is 0.114. The van der Waals surface area contributed by atoms with Gasteiger partial charge in [0.05, 0.1) is 12.0 Å². The Balaban J connectivity index is 2.57. The van der Waals surface area contributed by atoms with E-state index in [4.69, 9.17) is 9.26 Å². The topological polar surface area (TPSA) is 52.3 Å². The lowest BCUT2D eigenvalue weighted by Crippen LogP contribution is -2.05. The largest absolute Gasteiger partial charge is 0.461 e. The first kappa shape index (κ1) is 9.64. The molecule has 0 aliphatic carbocycles. The monoisotopic (exact) mass is 209 g/mol. The second-order valence-corrected chi connectivity index (χ2v) is 2.86. The van der Waals surface area contributed by atoms with Gasteiger partial charge < -0.3 is 9.26 Å². The van der Waals surface area contributed by atoms with Crippen molar-refractivity contribution in [3.05, 3.63) is 29.7 Å². The summed E-state index contributed by atoms with van der Waals surface area (Å²) in [7, 11) is 0. The number of carbonyl (C=O) groups is 1. The third-order valence-electron chi connectivity index (χ3n) is 1.92. The maximum absolute atomic E-state index is 13.4. The zero-order valence-corrected chi connectivity index (χ0v) is 7.99. The van der Waals surface area contributed by atoms with Crippen LogP contribution in [0.1, 0.15) is 17.4 Å². The van der Waals surface area contributed by atoms with Crippen molar-refractivity contribution in [1.82, 2.24) is 5.16 Å². The molecule has 2 aromatic rings. The molecule has 1 aromatic carbocycles. The van der Waals surface area contributed by atoms with Crippen LogP contribution in [0.25, 0.3) is 11.0 Å². The normalized spacial score (nSPS) is 10.5. The van der Waals surface area contributed by atoms with Gasteiger partial charge in [0.25, 0.3) is 0 Å². The summed E-state index contributed by atoms with van der Waals surface area (Å²) in [6.45, 7) is 1.87. The molecule has 0 atom stereocenters. The smallest absolute Gasteiger partial charge is 0.361 e. The van der Waals surface area contributed by atoms with Crippen molar-refractivity contribution in [2.45, 2.75) is 6.92 Å². The second-order valence-electron chi connectivity index (χ2n) is 2.86. The van der Waals surface area contributed by atoms with E-state index >= 15 is 0 Å². The molecule has 0 unspecified atom stereocenters. The summed E-state index contributed by atoms with van der Waals surface area (Å²) in [6, 6.07) is 4.26. The van der Waals surface area contributed by atoms with Gasteiger partial charge in [-0.2, -0.15) is 0 Å². The Morgan fingerprint density at radius 2 is 2.40 bits per heavy atom. The SMILES string of the molecule is CCOC(=O)c1noc2cccc(F)c12. The minimum absolute atomic E-state index is 0.0657. The van der Waals surface area contributed by atoms with Gasteiger partial charge in [0, 0.05) is 0 Å². The highest BCUT2D eigenvalue weighted by atomic mass is 19.1. The molecule has 0 spiro atoms. The van der Waals surface area contributed by atoms with Crippen molar-refractivity contribution < 1.29 is 18.4 Å². The van der Waals surface area contributed by atoms with Gasteiger partial charge in [-0.1, -0.05) is 11.2 Å². The van der Waals surface area contributed by atoms with Crippen LogP contribution >= 0.6 is 0 Å². The number of esters is 1. The Morgan fingerprint density at radius 1 is 1.60 bits per heavy atom. The molecular formula is C10H8FNO3. The molecule has 0 bridgehead atoms. The van der Waals surface area contributed by atoms with Crippen molar-refractivity contribution in [1.29, 1.82) is 0 Å². The average Bonchev–Trinajstić information content (AvgIpc) is 2.63. The van der Waals surface area contributed by atoms with Gasteiger partial charge >= 0.3 is 5.97 Å². The predicted molar refractivity (Wildman–Crippen MR) is 49.9 cm³/mol. The lowest BCUT2D eigenvalue weighted by molar-refractivity contribution is 0.0516. The number of fused-ring (bicyclic) bond motifs is 1. The number of nitrogens with zero attached hydrogens (tertiary/aromatic N) is 1. The molecule has 1 heterocycles. The summed E-state index contributed by atoms with van der Waals surface area (Å²) in [5.74, 6) is -1.22. The van der Waals surface area contributed by atoms with Gasteiger partial charge in [-0.15, -0.1) is 0 Å². The molecule has 2 rings (SSSR count). The number of rotatable bonds is 2. The molecule has 0 aliphatic heterocycles. The van der Waals surface area contributed by atoms with Gasteiger partial charge in [0.15, 0.2) is 5.58 Å². The number of ether oxygens (including phenoxy) is 1. The lowest BCUT2D eigenvalue weighted by Gasteiger charge is -1.97. The van der Waals surface area contributed by atoms with Crippen LogP contribution in [0.3, 0.4) is 0 Å². The van der Waals surface area contributed by atoms with E-state index in [9.17, 15) is 9.18 Å². The Hall–Kier alpha value is -1.91.